The number of carbonyl (C=O) groups is 1. The molecule has 0 aromatic rings. The van der Waals surface area contributed by atoms with Gasteiger partial charge in [0.1, 0.15) is 0 Å². The second-order valence-electron chi connectivity index (χ2n) is 3.70. The van der Waals surface area contributed by atoms with E-state index in [0.29, 0.717) is 6.61 Å². The molecule has 0 aromatic heterocycles. The van der Waals surface area contributed by atoms with Crippen molar-refractivity contribution in [2.45, 2.75) is 26.7 Å². The van der Waals surface area contributed by atoms with Gasteiger partial charge in [0, 0.05) is 24.3 Å². The molecule has 1 rings (SSSR count). The minimum absolute atomic E-state index is 0.209. The normalized spacial score (nSPS) is 17.5. The number of hydrogen-bond acceptors (Lipinski definition) is 5. The molecule has 96 valence electrons. The van der Waals surface area contributed by atoms with E-state index in [9.17, 15) is 4.79 Å². The van der Waals surface area contributed by atoms with Crippen molar-refractivity contribution in [3.05, 3.63) is 22.2 Å². The Morgan fingerprint density at radius 2 is 2.35 bits per heavy atom. The van der Waals surface area contributed by atoms with Crippen LogP contribution in [0.5, 0.6) is 0 Å². The first-order valence-electron chi connectivity index (χ1n) is 5.79. The Morgan fingerprint density at radius 3 is 3.00 bits per heavy atom. The van der Waals surface area contributed by atoms with Crippen LogP contribution in [0.1, 0.15) is 26.7 Å². The molecule has 0 aliphatic carbocycles. The summed E-state index contributed by atoms with van der Waals surface area (Å²) in [6.45, 7) is 5.22. The van der Waals surface area contributed by atoms with Crippen molar-refractivity contribution in [3.63, 3.8) is 0 Å². The Bertz CT molecular complexity index is 326. The van der Waals surface area contributed by atoms with Crippen molar-refractivity contribution >= 4 is 17.7 Å². The number of hydrogen-bond donors (Lipinski definition) is 1. The maximum absolute atomic E-state index is 11.4. The molecule has 1 aliphatic heterocycles. The van der Waals surface area contributed by atoms with Gasteiger partial charge in [-0.3, -0.25) is 0 Å². The highest BCUT2D eigenvalue weighted by atomic mass is 32.2. The zero-order chi connectivity index (χ0) is 12.7. The minimum atomic E-state index is -0.301. The fourth-order valence-corrected chi connectivity index (χ4v) is 2.43. The quantitative estimate of drug-likeness (QED) is 0.448. The van der Waals surface area contributed by atoms with Crippen molar-refractivity contribution < 1.29 is 14.6 Å². The first-order chi connectivity index (χ1) is 8.17. The van der Waals surface area contributed by atoms with Crippen molar-refractivity contribution in [3.8, 4) is 0 Å². The summed E-state index contributed by atoms with van der Waals surface area (Å²) in [7, 11) is 0. The number of unbranched alkanes of at least 4 members (excludes halogenated alkanes) is 1. The van der Waals surface area contributed by atoms with Gasteiger partial charge in [-0.05, 0) is 26.7 Å². The Hall–Kier alpha value is -0.940. The monoisotopic (exact) mass is 257 g/mol. The van der Waals surface area contributed by atoms with Gasteiger partial charge in [0.25, 0.3) is 0 Å². The number of allylic oxidation sites excluding steroid dienone is 1. The number of aliphatic hydroxyl groups is 1. The van der Waals surface area contributed by atoms with Crippen molar-refractivity contribution in [2.24, 2.45) is 0 Å². The summed E-state index contributed by atoms with van der Waals surface area (Å²) in [5, 5.41) is 9.65. The molecule has 0 bridgehead atoms. The molecule has 1 N–H and O–H groups in total. The molecule has 1 heterocycles. The Kier molecular flexibility index (Phi) is 6.15. The second-order valence-corrected chi connectivity index (χ2v) is 4.97. The fraction of sp³-hybridized carbons (Fsp3) is 0.583. The molecule has 5 heteroatoms. The minimum Gasteiger partial charge on any atom is -0.463 e. The SMILES string of the molecule is CCOC(=O)/C=C1\SC(C)=CN1CCCCO. The van der Waals surface area contributed by atoms with Gasteiger partial charge in [-0.25, -0.2) is 4.79 Å². The molecule has 0 saturated carbocycles. The lowest BCUT2D eigenvalue weighted by Gasteiger charge is -2.16. The van der Waals surface area contributed by atoms with Crippen LogP contribution in [-0.2, 0) is 9.53 Å². The van der Waals surface area contributed by atoms with Crippen molar-refractivity contribution in [1.82, 2.24) is 4.90 Å². The van der Waals surface area contributed by atoms with Crippen molar-refractivity contribution in [2.75, 3.05) is 19.8 Å². The maximum atomic E-state index is 11.4. The van der Waals surface area contributed by atoms with E-state index in [1.54, 1.807) is 18.7 Å². The standard InChI is InChI=1S/C12H19NO3S/c1-3-16-12(15)8-11-13(6-4-5-7-14)9-10(2)17-11/h8-9,14H,3-7H2,1-2H3/b11-8-. The number of nitrogens with zero attached hydrogens (tertiary/aromatic N) is 1. The molecular formula is C12H19NO3S. The molecule has 0 fully saturated rings. The molecule has 4 nitrogen and oxygen atoms in total. The molecule has 0 saturated heterocycles. The highest BCUT2D eigenvalue weighted by molar-refractivity contribution is 8.06. The maximum Gasteiger partial charge on any atom is 0.333 e. The van der Waals surface area contributed by atoms with E-state index in [2.05, 4.69) is 0 Å². The summed E-state index contributed by atoms with van der Waals surface area (Å²) >= 11 is 1.57. The zero-order valence-corrected chi connectivity index (χ0v) is 11.1. The van der Waals surface area contributed by atoms with E-state index in [0.717, 1.165) is 29.3 Å². The van der Waals surface area contributed by atoms with E-state index in [1.165, 1.54) is 6.08 Å². The van der Waals surface area contributed by atoms with Crippen LogP contribution in [0.2, 0.25) is 0 Å². The van der Waals surface area contributed by atoms with Crippen LogP contribution in [0, 0.1) is 0 Å². The smallest absolute Gasteiger partial charge is 0.333 e. The van der Waals surface area contributed by atoms with Crippen molar-refractivity contribution in [1.29, 1.82) is 0 Å². The van der Waals surface area contributed by atoms with E-state index >= 15 is 0 Å². The number of esters is 1. The largest absolute Gasteiger partial charge is 0.463 e. The van der Waals surface area contributed by atoms with E-state index in [4.69, 9.17) is 9.84 Å². The average molecular weight is 257 g/mol. The number of carbonyl (C=O) groups excluding carboxylic acids is 1. The Labute approximate surface area is 106 Å². The third-order valence-electron chi connectivity index (χ3n) is 2.22. The summed E-state index contributed by atoms with van der Waals surface area (Å²) in [5.74, 6) is -0.301. The zero-order valence-electron chi connectivity index (χ0n) is 10.3. The number of thioether (sulfide) groups is 1. The average Bonchev–Trinajstić information content (AvgIpc) is 2.60. The predicted octanol–water partition coefficient (Wildman–Crippen LogP) is 2.07. The van der Waals surface area contributed by atoms with Gasteiger partial charge < -0.3 is 14.7 Å². The van der Waals surface area contributed by atoms with E-state index < -0.39 is 0 Å². The predicted molar refractivity (Wildman–Crippen MR) is 69.1 cm³/mol. The molecule has 1 aliphatic rings. The van der Waals surface area contributed by atoms with Gasteiger partial charge in [-0.2, -0.15) is 0 Å². The van der Waals surface area contributed by atoms with E-state index in [-0.39, 0.29) is 12.6 Å². The lowest BCUT2D eigenvalue weighted by atomic mass is 10.3. The van der Waals surface area contributed by atoms with Crippen LogP contribution in [0.25, 0.3) is 0 Å². The van der Waals surface area contributed by atoms with Crippen LogP contribution < -0.4 is 0 Å². The number of aliphatic hydroxyl groups excluding tert-OH is 1. The number of ether oxygens (including phenoxy) is 1. The highest BCUT2D eigenvalue weighted by Gasteiger charge is 2.17. The van der Waals surface area contributed by atoms with Crippen LogP contribution in [0.3, 0.4) is 0 Å². The van der Waals surface area contributed by atoms with Crippen LogP contribution in [0.4, 0.5) is 0 Å². The third-order valence-corrected chi connectivity index (χ3v) is 3.21. The topological polar surface area (TPSA) is 49.8 Å². The van der Waals surface area contributed by atoms with Crippen LogP contribution >= 0.6 is 11.8 Å². The summed E-state index contributed by atoms with van der Waals surface area (Å²) in [5.41, 5.74) is 0. The molecular weight excluding hydrogens is 238 g/mol. The van der Waals surface area contributed by atoms with Crippen LogP contribution in [0.15, 0.2) is 22.2 Å². The molecule has 0 atom stereocenters. The van der Waals surface area contributed by atoms with Gasteiger partial charge in [-0.15, -0.1) is 0 Å². The molecule has 0 spiro atoms. The van der Waals surface area contributed by atoms with Gasteiger partial charge >= 0.3 is 5.97 Å². The molecule has 0 amide bonds. The lowest BCUT2D eigenvalue weighted by Crippen LogP contribution is -2.15. The summed E-state index contributed by atoms with van der Waals surface area (Å²) in [6.07, 6.45) is 5.23. The van der Waals surface area contributed by atoms with Crippen LogP contribution in [-0.4, -0.2) is 35.7 Å². The Morgan fingerprint density at radius 1 is 1.59 bits per heavy atom. The lowest BCUT2D eigenvalue weighted by molar-refractivity contribution is -0.137. The third kappa shape index (κ3) is 4.83. The molecule has 0 aromatic carbocycles. The van der Waals surface area contributed by atoms with Gasteiger partial charge in [0.15, 0.2) is 0 Å². The van der Waals surface area contributed by atoms with Gasteiger partial charge in [0.2, 0.25) is 0 Å². The highest BCUT2D eigenvalue weighted by Crippen LogP contribution is 2.35. The fourth-order valence-electron chi connectivity index (χ4n) is 1.50. The van der Waals surface area contributed by atoms with Gasteiger partial charge in [0.05, 0.1) is 17.7 Å². The van der Waals surface area contributed by atoms with E-state index in [1.807, 2.05) is 18.0 Å². The first kappa shape index (κ1) is 14.1. The summed E-state index contributed by atoms with van der Waals surface area (Å²) < 4.78 is 4.89. The Balaban J connectivity index is 2.55. The second kappa shape index (κ2) is 7.40. The molecule has 0 unspecified atom stereocenters. The van der Waals surface area contributed by atoms with Gasteiger partial charge in [-0.1, -0.05) is 11.8 Å². The molecule has 0 radical (unpaired) electrons. The number of rotatable bonds is 6. The summed E-state index contributed by atoms with van der Waals surface area (Å²) in [4.78, 5) is 14.6. The summed E-state index contributed by atoms with van der Waals surface area (Å²) in [6, 6.07) is 0. The molecule has 17 heavy (non-hydrogen) atoms. The first-order valence-corrected chi connectivity index (χ1v) is 6.61.